The summed E-state index contributed by atoms with van der Waals surface area (Å²) in [4.78, 5) is 19.8. The molecule has 1 aliphatic rings. The van der Waals surface area contributed by atoms with Crippen molar-refractivity contribution >= 4 is 5.91 Å². The third kappa shape index (κ3) is 2.52. The first kappa shape index (κ1) is 13.8. The van der Waals surface area contributed by atoms with E-state index in [0.717, 1.165) is 40.2 Å². The van der Waals surface area contributed by atoms with E-state index >= 15 is 0 Å². The zero-order valence-electron chi connectivity index (χ0n) is 12.9. The molecular formula is C19H17N3O. The Morgan fingerprint density at radius 3 is 2.74 bits per heavy atom. The van der Waals surface area contributed by atoms with E-state index in [0.29, 0.717) is 6.54 Å². The van der Waals surface area contributed by atoms with Crippen LogP contribution in [0.1, 0.15) is 21.6 Å². The largest absolute Gasteiger partial charge is 0.358 e. The Morgan fingerprint density at radius 1 is 1.09 bits per heavy atom. The second kappa shape index (κ2) is 5.39. The maximum atomic E-state index is 11.9. The number of aromatic nitrogens is 2. The molecule has 0 fully saturated rings. The normalized spacial score (nSPS) is 13.5. The van der Waals surface area contributed by atoms with Gasteiger partial charge in [0, 0.05) is 41.7 Å². The van der Waals surface area contributed by atoms with Crippen LogP contribution in [0, 0.1) is 6.92 Å². The molecule has 4 nitrogen and oxygen atoms in total. The van der Waals surface area contributed by atoms with Gasteiger partial charge in [-0.3, -0.25) is 9.78 Å². The number of hydrogen-bond acceptors (Lipinski definition) is 2. The Labute approximate surface area is 134 Å². The molecule has 114 valence electrons. The SMILES string of the molecule is Cc1cccc(-c2ccc(-c3cc4c([nH]3)CCNC4=O)cn2)c1. The van der Waals surface area contributed by atoms with Gasteiger partial charge in [0.15, 0.2) is 0 Å². The van der Waals surface area contributed by atoms with Gasteiger partial charge in [0.25, 0.3) is 5.91 Å². The molecule has 0 aliphatic carbocycles. The summed E-state index contributed by atoms with van der Waals surface area (Å²) >= 11 is 0. The minimum absolute atomic E-state index is 0.00177. The van der Waals surface area contributed by atoms with Crippen LogP contribution in [0.5, 0.6) is 0 Å². The van der Waals surface area contributed by atoms with Gasteiger partial charge in [-0.1, -0.05) is 23.8 Å². The molecule has 0 atom stereocenters. The second-order valence-electron chi connectivity index (χ2n) is 5.88. The van der Waals surface area contributed by atoms with E-state index in [4.69, 9.17) is 0 Å². The lowest BCUT2D eigenvalue weighted by Crippen LogP contribution is -2.31. The lowest BCUT2D eigenvalue weighted by atomic mass is 10.1. The Balaban J connectivity index is 1.67. The van der Waals surface area contributed by atoms with E-state index < -0.39 is 0 Å². The third-order valence-electron chi connectivity index (χ3n) is 4.19. The van der Waals surface area contributed by atoms with Gasteiger partial charge in [-0.15, -0.1) is 0 Å². The Bertz CT molecular complexity index is 878. The average molecular weight is 303 g/mol. The summed E-state index contributed by atoms with van der Waals surface area (Å²) in [5.41, 5.74) is 6.96. The van der Waals surface area contributed by atoms with Gasteiger partial charge in [-0.2, -0.15) is 0 Å². The van der Waals surface area contributed by atoms with Gasteiger partial charge in [-0.25, -0.2) is 0 Å². The van der Waals surface area contributed by atoms with Crippen LogP contribution < -0.4 is 5.32 Å². The number of benzene rings is 1. The summed E-state index contributed by atoms with van der Waals surface area (Å²) in [5, 5.41) is 2.86. The number of rotatable bonds is 2. The minimum Gasteiger partial charge on any atom is -0.358 e. The van der Waals surface area contributed by atoms with E-state index in [1.54, 1.807) is 0 Å². The van der Waals surface area contributed by atoms with Crippen molar-refractivity contribution in [2.45, 2.75) is 13.3 Å². The van der Waals surface area contributed by atoms with Crippen molar-refractivity contribution in [1.82, 2.24) is 15.3 Å². The Kier molecular flexibility index (Phi) is 3.23. The number of hydrogen-bond donors (Lipinski definition) is 2. The molecule has 0 saturated heterocycles. The van der Waals surface area contributed by atoms with Crippen molar-refractivity contribution < 1.29 is 4.79 Å². The number of carbonyl (C=O) groups excluding carboxylic acids is 1. The van der Waals surface area contributed by atoms with Crippen LogP contribution in [0.3, 0.4) is 0 Å². The molecule has 3 heterocycles. The lowest BCUT2D eigenvalue weighted by Gasteiger charge is -2.10. The molecule has 4 heteroatoms. The fraction of sp³-hybridized carbons (Fsp3) is 0.158. The summed E-state index contributed by atoms with van der Waals surface area (Å²) in [6.45, 7) is 2.77. The molecule has 0 saturated carbocycles. The highest BCUT2D eigenvalue weighted by molar-refractivity contribution is 5.97. The Morgan fingerprint density at radius 2 is 2.00 bits per heavy atom. The summed E-state index contributed by atoms with van der Waals surface area (Å²) in [6.07, 6.45) is 2.70. The van der Waals surface area contributed by atoms with Gasteiger partial charge in [-0.05, 0) is 31.2 Å². The quantitative estimate of drug-likeness (QED) is 0.763. The summed E-state index contributed by atoms with van der Waals surface area (Å²) in [7, 11) is 0. The molecule has 1 aromatic carbocycles. The maximum absolute atomic E-state index is 11.9. The van der Waals surface area contributed by atoms with E-state index in [1.165, 1.54) is 5.56 Å². The standard InChI is InChI=1S/C19H17N3O/c1-12-3-2-4-13(9-12)16-6-5-14(11-21-16)18-10-15-17(22-18)7-8-20-19(15)23/h2-6,9-11,22H,7-8H2,1H3,(H,20,23). The number of pyridine rings is 1. The van der Waals surface area contributed by atoms with Crippen LogP contribution in [0.15, 0.2) is 48.7 Å². The van der Waals surface area contributed by atoms with Gasteiger partial charge >= 0.3 is 0 Å². The number of aromatic amines is 1. The van der Waals surface area contributed by atoms with Crippen LogP contribution in [-0.2, 0) is 6.42 Å². The zero-order valence-corrected chi connectivity index (χ0v) is 12.9. The number of fused-ring (bicyclic) bond motifs is 1. The number of aryl methyl sites for hydroxylation is 1. The smallest absolute Gasteiger partial charge is 0.253 e. The summed E-state index contributed by atoms with van der Waals surface area (Å²) in [6, 6.07) is 14.3. The number of amides is 1. The topological polar surface area (TPSA) is 57.8 Å². The maximum Gasteiger partial charge on any atom is 0.253 e. The first-order valence-electron chi connectivity index (χ1n) is 7.74. The van der Waals surface area contributed by atoms with Gasteiger partial charge < -0.3 is 10.3 Å². The third-order valence-corrected chi connectivity index (χ3v) is 4.19. The van der Waals surface area contributed by atoms with Gasteiger partial charge in [0.2, 0.25) is 0 Å². The first-order chi connectivity index (χ1) is 11.2. The highest BCUT2D eigenvalue weighted by Crippen LogP contribution is 2.25. The van der Waals surface area contributed by atoms with Crippen LogP contribution in [0.4, 0.5) is 0 Å². The van der Waals surface area contributed by atoms with Crippen LogP contribution in [-0.4, -0.2) is 22.4 Å². The molecule has 0 unspecified atom stereocenters. The highest BCUT2D eigenvalue weighted by Gasteiger charge is 2.19. The zero-order chi connectivity index (χ0) is 15.8. The number of nitrogens with one attached hydrogen (secondary N) is 2. The monoisotopic (exact) mass is 303 g/mol. The molecular weight excluding hydrogens is 286 g/mol. The molecule has 1 amide bonds. The lowest BCUT2D eigenvalue weighted by molar-refractivity contribution is 0.0946. The molecule has 0 radical (unpaired) electrons. The van der Waals surface area contributed by atoms with E-state index in [2.05, 4.69) is 40.4 Å². The van der Waals surface area contributed by atoms with Crippen molar-refractivity contribution in [1.29, 1.82) is 0 Å². The van der Waals surface area contributed by atoms with E-state index in [-0.39, 0.29) is 5.91 Å². The van der Waals surface area contributed by atoms with E-state index in [9.17, 15) is 4.79 Å². The fourth-order valence-electron chi connectivity index (χ4n) is 2.98. The summed E-state index contributed by atoms with van der Waals surface area (Å²) in [5.74, 6) is -0.00177. The van der Waals surface area contributed by atoms with Crippen LogP contribution in [0.25, 0.3) is 22.5 Å². The molecule has 1 aliphatic heterocycles. The average Bonchev–Trinajstić information content (AvgIpc) is 3.01. The fourth-order valence-corrected chi connectivity index (χ4v) is 2.98. The van der Waals surface area contributed by atoms with Crippen LogP contribution in [0.2, 0.25) is 0 Å². The van der Waals surface area contributed by atoms with Gasteiger partial charge in [0.1, 0.15) is 0 Å². The van der Waals surface area contributed by atoms with Gasteiger partial charge in [0.05, 0.1) is 11.3 Å². The summed E-state index contributed by atoms with van der Waals surface area (Å²) < 4.78 is 0. The predicted molar refractivity (Wildman–Crippen MR) is 90.2 cm³/mol. The first-order valence-corrected chi connectivity index (χ1v) is 7.74. The molecule has 4 rings (SSSR count). The van der Waals surface area contributed by atoms with Crippen molar-refractivity contribution in [3.05, 3.63) is 65.5 Å². The molecule has 2 N–H and O–H groups in total. The Hall–Kier alpha value is -2.88. The van der Waals surface area contributed by atoms with Crippen molar-refractivity contribution in [3.8, 4) is 22.5 Å². The predicted octanol–water partition coefficient (Wildman–Crippen LogP) is 3.34. The molecule has 0 bridgehead atoms. The van der Waals surface area contributed by atoms with Crippen molar-refractivity contribution in [2.24, 2.45) is 0 Å². The van der Waals surface area contributed by atoms with Crippen molar-refractivity contribution in [3.63, 3.8) is 0 Å². The highest BCUT2D eigenvalue weighted by atomic mass is 16.1. The second-order valence-corrected chi connectivity index (χ2v) is 5.88. The van der Waals surface area contributed by atoms with Crippen molar-refractivity contribution in [2.75, 3.05) is 6.54 Å². The molecule has 0 spiro atoms. The molecule has 23 heavy (non-hydrogen) atoms. The minimum atomic E-state index is -0.00177. The van der Waals surface area contributed by atoms with Crippen LogP contribution >= 0.6 is 0 Å². The molecule has 2 aromatic heterocycles. The van der Waals surface area contributed by atoms with E-state index in [1.807, 2.05) is 30.5 Å². The number of carbonyl (C=O) groups is 1. The molecule has 3 aromatic rings. The number of H-pyrrole nitrogens is 1. The number of nitrogens with zero attached hydrogens (tertiary/aromatic N) is 1.